The van der Waals surface area contributed by atoms with E-state index in [1.165, 1.54) is 0 Å². The second kappa shape index (κ2) is 12.5. The molecule has 0 aliphatic carbocycles. The molecule has 6 aromatic rings. The van der Waals surface area contributed by atoms with Crippen molar-refractivity contribution in [1.82, 2.24) is 14.8 Å². The number of hydrogen-bond donors (Lipinski definition) is 0. The molecule has 0 amide bonds. The molecule has 6 rings (SSSR count). The number of rotatable bonds is 5. The Morgan fingerprint density at radius 1 is 0.575 bits per heavy atom. The van der Waals surface area contributed by atoms with Gasteiger partial charge < -0.3 is 7.43 Å². The molecule has 0 N–H and O–H groups in total. The van der Waals surface area contributed by atoms with Gasteiger partial charge in [0.05, 0.1) is 12.3 Å². The van der Waals surface area contributed by atoms with Gasteiger partial charge in [-0.2, -0.15) is 0 Å². The fourth-order valence-electron chi connectivity index (χ4n) is 4.88. The molecular weight excluding hydrogens is 669 g/mol. The van der Waals surface area contributed by atoms with E-state index in [9.17, 15) is 0 Å². The maximum atomic E-state index is 7.51. The minimum atomic E-state index is 0. The van der Waals surface area contributed by atoms with Crippen LogP contribution in [0.4, 0.5) is 5.69 Å². The predicted molar refractivity (Wildman–Crippen MR) is 161 cm³/mol. The molecule has 1 aromatic heterocycles. The molecular formula is C35H27IrN4-. The third-order valence-electron chi connectivity index (χ3n) is 6.67. The fraction of sp³-hybridized carbons (Fsp3) is 0.0286. The molecule has 1 radical (unpaired) electrons. The Balaban J connectivity index is 0.00000185. The maximum absolute atomic E-state index is 7.51. The predicted octanol–water partition coefficient (Wildman–Crippen LogP) is 9.24. The topological polar surface area (TPSA) is 35.1 Å². The van der Waals surface area contributed by atoms with Crippen LogP contribution in [0.25, 0.3) is 55.3 Å². The summed E-state index contributed by atoms with van der Waals surface area (Å²) in [7, 11) is 0. The van der Waals surface area contributed by atoms with Gasteiger partial charge in [0.15, 0.2) is 11.5 Å². The summed E-state index contributed by atoms with van der Waals surface area (Å²) >= 11 is 0. The van der Waals surface area contributed by atoms with Gasteiger partial charge in [-0.15, -0.1) is 10.2 Å². The largest absolute Gasteiger partial charge is 0.358 e. The van der Waals surface area contributed by atoms with E-state index in [2.05, 4.69) is 105 Å². The third-order valence-corrected chi connectivity index (χ3v) is 6.67. The molecule has 0 aliphatic rings. The van der Waals surface area contributed by atoms with E-state index in [0.29, 0.717) is 11.5 Å². The Labute approximate surface area is 249 Å². The molecule has 4 nitrogen and oxygen atoms in total. The van der Waals surface area contributed by atoms with Crippen molar-refractivity contribution < 1.29 is 20.1 Å². The van der Waals surface area contributed by atoms with Crippen LogP contribution >= 0.6 is 0 Å². The number of hydrogen-bond acceptors (Lipinski definition) is 2. The van der Waals surface area contributed by atoms with Crippen molar-refractivity contribution in [3.05, 3.63) is 152 Å². The Hall–Kier alpha value is -4.62. The van der Waals surface area contributed by atoms with Crippen molar-refractivity contribution in [1.29, 1.82) is 0 Å². The van der Waals surface area contributed by atoms with Gasteiger partial charge in [0, 0.05) is 36.8 Å². The Kier molecular flexibility index (Phi) is 8.86. The van der Waals surface area contributed by atoms with Crippen molar-refractivity contribution >= 4 is 5.69 Å². The summed E-state index contributed by atoms with van der Waals surface area (Å²) in [6, 6.07) is 43.4. The van der Waals surface area contributed by atoms with Crippen molar-refractivity contribution in [2.45, 2.75) is 6.92 Å². The SMILES string of the molecule is [C-]#[N+]c1cccc(-c2nnc(C)n2-c2c(-c3ccccc3)cc(-c3ccccc3)cc2-c2ccccc2)c1.[CH3-].[Ir]. The molecule has 0 atom stereocenters. The van der Waals surface area contributed by atoms with Gasteiger partial charge in [0.1, 0.15) is 5.82 Å². The van der Waals surface area contributed by atoms with Crippen LogP contribution < -0.4 is 0 Å². The normalized spacial score (nSPS) is 10.2. The average molecular weight is 696 g/mol. The molecule has 0 unspecified atom stereocenters. The van der Waals surface area contributed by atoms with Gasteiger partial charge in [0.2, 0.25) is 0 Å². The van der Waals surface area contributed by atoms with Crippen LogP contribution in [-0.4, -0.2) is 14.8 Å². The summed E-state index contributed by atoms with van der Waals surface area (Å²) in [4.78, 5) is 3.63. The minimum absolute atomic E-state index is 0. The molecule has 5 heteroatoms. The molecule has 0 bridgehead atoms. The molecule has 1 heterocycles. The zero-order valence-corrected chi connectivity index (χ0v) is 24.6. The standard InChI is InChI=1S/C34H24N4.CH3.Ir/c1-24-36-37-34(28-19-12-20-30(21-28)35-2)38(24)33-31(26-15-8-4-9-16-26)22-29(25-13-6-3-7-14-25)23-32(33)27-17-10-5-11-18-27;;/h3-23H,1H3;1H3;/q;-1;. The van der Waals surface area contributed by atoms with E-state index in [0.717, 1.165) is 50.5 Å². The molecule has 5 aromatic carbocycles. The Bertz CT molecular complexity index is 1710. The first-order chi connectivity index (χ1) is 18.7. The summed E-state index contributed by atoms with van der Waals surface area (Å²) < 4.78 is 2.13. The van der Waals surface area contributed by atoms with Gasteiger partial charge in [-0.1, -0.05) is 109 Å². The molecule has 0 spiro atoms. The zero-order valence-electron chi connectivity index (χ0n) is 22.2. The van der Waals surface area contributed by atoms with Gasteiger partial charge in [-0.3, -0.25) is 4.57 Å². The second-order valence-electron chi connectivity index (χ2n) is 9.09. The van der Waals surface area contributed by atoms with E-state index < -0.39 is 0 Å². The maximum Gasteiger partial charge on any atom is 0.187 e. The number of nitrogens with zero attached hydrogens (tertiary/aromatic N) is 4. The van der Waals surface area contributed by atoms with Crippen molar-refractivity contribution in [3.8, 4) is 50.5 Å². The summed E-state index contributed by atoms with van der Waals surface area (Å²) in [6.07, 6.45) is 0. The van der Waals surface area contributed by atoms with Gasteiger partial charge in [-0.25, -0.2) is 4.85 Å². The first kappa shape index (κ1) is 28.4. The van der Waals surface area contributed by atoms with Gasteiger partial charge >= 0.3 is 0 Å². The molecule has 40 heavy (non-hydrogen) atoms. The summed E-state index contributed by atoms with van der Waals surface area (Å²) in [5.74, 6) is 1.48. The Morgan fingerprint density at radius 2 is 1.07 bits per heavy atom. The van der Waals surface area contributed by atoms with Crippen molar-refractivity contribution in [3.63, 3.8) is 0 Å². The van der Waals surface area contributed by atoms with Gasteiger partial charge in [0.25, 0.3) is 0 Å². The van der Waals surface area contributed by atoms with Crippen molar-refractivity contribution in [2.75, 3.05) is 0 Å². The summed E-state index contributed by atoms with van der Waals surface area (Å²) in [6.45, 7) is 9.48. The van der Waals surface area contributed by atoms with E-state index in [1.807, 2.05) is 49.4 Å². The third kappa shape index (κ3) is 5.42. The zero-order chi connectivity index (χ0) is 25.9. The van der Waals surface area contributed by atoms with Crippen LogP contribution in [0.1, 0.15) is 5.82 Å². The van der Waals surface area contributed by atoms with Crippen LogP contribution in [0.2, 0.25) is 0 Å². The molecule has 0 saturated heterocycles. The van der Waals surface area contributed by atoms with E-state index in [4.69, 9.17) is 6.57 Å². The van der Waals surface area contributed by atoms with Crippen molar-refractivity contribution in [2.24, 2.45) is 0 Å². The summed E-state index contributed by atoms with van der Waals surface area (Å²) in [5, 5.41) is 9.11. The first-order valence-corrected chi connectivity index (χ1v) is 12.5. The van der Waals surface area contributed by atoms with Crippen LogP contribution in [0.5, 0.6) is 0 Å². The Morgan fingerprint density at radius 3 is 1.60 bits per heavy atom. The molecule has 197 valence electrons. The van der Waals surface area contributed by atoms with E-state index >= 15 is 0 Å². The van der Waals surface area contributed by atoms with E-state index in [-0.39, 0.29) is 27.5 Å². The monoisotopic (exact) mass is 696 g/mol. The quantitative estimate of drug-likeness (QED) is 0.169. The minimum Gasteiger partial charge on any atom is -0.358 e. The van der Waals surface area contributed by atoms with Crippen LogP contribution in [0, 0.1) is 20.9 Å². The second-order valence-corrected chi connectivity index (χ2v) is 9.09. The van der Waals surface area contributed by atoms with Crippen LogP contribution in [0.3, 0.4) is 0 Å². The molecule has 0 saturated carbocycles. The van der Waals surface area contributed by atoms with Crippen LogP contribution in [0.15, 0.2) is 127 Å². The smallest absolute Gasteiger partial charge is 0.187 e. The van der Waals surface area contributed by atoms with E-state index in [1.54, 1.807) is 0 Å². The first-order valence-electron chi connectivity index (χ1n) is 12.5. The van der Waals surface area contributed by atoms with Crippen LogP contribution in [-0.2, 0) is 20.1 Å². The number of aryl methyl sites for hydroxylation is 1. The molecule has 0 aliphatic heterocycles. The average Bonchev–Trinajstić information content (AvgIpc) is 3.38. The number of aromatic nitrogens is 3. The summed E-state index contributed by atoms with van der Waals surface area (Å²) in [5.41, 5.74) is 9.08. The fourth-order valence-corrected chi connectivity index (χ4v) is 4.88. The number of benzene rings is 5. The van der Waals surface area contributed by atoms with Gasteiger partial charge in [-0.05, 0) is 47.4 Å². The molecule has 0 fully saturated rings.